The Morgan fingerprint density at radius 2 is 2.33 bits per heavy atom. The highest BCUT2D eigenvalue weighted by Gasteiger charge is 2.24. The SMILES string of the molecule is CCC1CCCC(NC(=O)c2cc([N+](=O)[O-])cnc2N)C1. The Bertz CT molecular complexity index is 547. The number of hydrogen-bond donors (Lipinski definition) is 2. The average Bonchev–Trinajstić information content (AvgIpc) is 2.47. The van der Waals surface area contributed by atoms with Crippen molar-refractivity contribution in [1.29, 1.82) is 0 Å². The number of nitrogen functional groups attached to an aromatic ring is 1. The number of anilines is 1. The van der Waals surface area contributed by atoms with Gasteiger partial charge in [-0.2, -0.15) is 0 Å². The lowest BCUT2D eigenvalue weighted by Gasteiger charge is -2.29. The van der Waals surface area contributed by atoms with Crippen molar-refractivity contribution in [3.63, 3.8) is 0 Å². The number of nitrogens with two attached hydrogens (primary N) is 1. The first-order valence-electron chi connectivity index (χ1n) is 7.22. The highest BCUT2D eigenvalue weighted by atomic mass is 16.6. The lowest BCUT2D eigenvalue weighted by Crippen LogP contribution is -2.38. The Morgan fingerprint density at radius 3 is 3.00 bits per heavy atom. The van der Waals surface area contributed by atoms with E-state index in [1.807, 2.05) is 0 Å². The number of rotatable bonds is 4. The summed E-state index contributed by atoms with van der Waals surface area (Å²) in [6, 6.07) is 1.28. The van der Waals surface area contributed by atoms with Crippen molar-refractivity contribution in [2.24, 2.45) is 5.92 Å². The average molecular weight is 292 g/mol. The van der Waals surface area contributed by atoms with Gasteiger partial charge < -0.3 is 11.1 Å². The van der Waals surface area contributed by atoms with Crippen LogP contribution < -0.4 is 11.1 Å². The Labute approximate surface area is 123 Å². The topological polar surface area (TPSA) is 111 Å². The van der Waals surface area contributed by atoms with Gasteiger partial charge in [-0.05, 0) is 18.8 Å². The van der Waals surface area contributed by atoms with Crippen LogP contribution in [0.4, 0.5) is 11.5 Å². The number of pyridine rings is 1. The van der Waals surface area contributed by atoms with Crippen LogP contribution in [0.5, 0.6) is 0 Å². The molecule has 1 amide bonds. The van der Waals surface area contributed by atoms with Crippen LogP contribution in [-0.2, 0) is 0 Å². The second-order valence-electron chi connectivity index (χ2n) is 5.49. The van der Waals surface area contributed by atoms with Crippen LogP contribution in [0.25, 0.3) is 0 Å². The number of aromatic nitrogens is 1. The summed E-state index contributed by atoms with van der Waals surface area (Å²) in [4.78, 5) is 26.1. The highest BCUT2D eigenvalue weighted by molar-refractivity contribution is 5.99. The number of nitrogens with one attached hydrogen (secondary N) is 1. The molecule has 1 fully saturated rings. The smallest absolute Gasteiger partial charge is 0.288 e. The number of nitro groups is 1. The van der Waals surface area contributed by atoms with E-state index < -0.39 is 4.92 Å². The van der Waals surface area contributed by atoms with Crippen molar-refractivity contribution in [2.75, 3.05) is 5.73 Å². The molecule has 0 spiro atoms. The van der Waals surface area contributed by atoms with Gasteiger partial charge in [0.1, 0.15) is 12.0 Å². The fraction of sp³-hybridized carbons (Fsp3) is 0.571. The maximum absolute atomic E-state index is 12.2. The molecule has 7 heteroatoms. The quantitative estimate of drug-likeness (QED) is 0.653. The van der Waals surface area contributed by atoms with Crippen molar-refractivity contribution >= 4 is 17.4 Å². The second kappa shape index (κ2) is 6.51. The molecular formula is C14H20N4O3. The first kappa shape index (κ1) is 15.2. The number of hydrogen-bond acceptors (Lipinski definition) is 5. The van der Waals surface area contributed by atoms with E-state index in [1.54, 1.807) is 0 Å². The summed E-state index contributed by atoms with van der Waals surface area (Å²) in [5.41, 5.74) is 5.49. The third-order valence-electron chi connectivity index (χ3n) is 4.05. The van der Waals surface area contributed by atoms with E-state index in [1.165, 1.54) is 12.5 Å². The van der Waals surface area contributed by atoms with Gasteiger partial charge in [-0.25, -0.2) is 4.98 Å². The first-order chi connectivity index (χ1) is 10.0. The number of amides is 1. The third-order valence-corrected chi connectivity index (χ3v) is 4.05. The predicted molar refractivity (Wildman–Crippen MR) is 78.8 cm³/mol. The summed E-state index contributed by atoms with van der Waals surface area (Å²) in [7, 11) is 0. The zero-order chi connectivity index (χ0) is 15.4. The molecule has 1 aromatic heterocycles. The number of carbonyl (C=O) groups is 1. The summed E-state index contributed by atoms with van der Waals surface area (Å²) in [6.45, 7) is 2.15. The molecule has 3 N–H and O–H groups in total. The molecule has 2 atom stereocenters. The maximum atomic E-state index is 12.2. The van der Waals surface area contributed by atoms with Crippen LogP contribution >= 0.6 is 0 Å². The third kappa shape index (κ3) is 3.68. The van der Waals surface area contributed by atoms with Gasteiger partial charge in [0.15, 0.2) is 0 Å². The standard InChI is InChI=1S/C14H20N4O3/c1-2-9-4-3-5-10(6-9)17-14(19)12-7-11(18(20)21)8-16-13(12)15/h7-10H,2-6H2,1H3,(H2,15,16)(H,17,19). The van der Waals surface area contributed by atoms with Crippen LogP contribution in [0, 0.1) is 16.0 Å². The zero-order valence-electron chi connectivity index (χ0n) is 12.0. The Kier molecular flexibility index (Phi) is 4.72. The van der Waals surface area contributed by atoms with Gasteiger partial charge in [0.05, 0.1) is 10.5 Å². The van der Waals surface area contributed by atoms with Gasteiger partial charge in [-0.15, -0.1) is 0 Å². The minimum absolute atomic E-state index is 0.0148. The summed E-state index contributed by atoms with van der Waals surface area (Å²) >= 11 is 0. The molecule has 2 unspecified atom stereocenters. The Hall–Kier alpha value is -2.18. The number of carbonyl (C=O) groups excluding carboxylic acids is 1. The van der Waals surface area contributed by atoms with Crippen molar-refractivity contribution in [1.82, 2.24) is 10.3 Å². The molecule has 0 radical (unpaired) electrons. The van der Waals surface area contributed by atoms with E-state index in [4.69, 9.17) is 5.73 Å². The van der Waals surface area contributed by atoms with Gasteiger partial charge in [0.2, 0.25) is 0 Å². The van der Waals surface area contributed by atoms with Gasteiger partial charge in [-0.3, -0.25) is 14.9 Å². The molecule has 0 aromatic carbocycles. The van der Waals surface area contributed by atoms with E-state index in [9.17, 15) is 14.9 Å². The normalized spacial score (nSPS) is 21.8. The van der Waals surface area contributed by atoms with Crippen LogP contribution in [0.1, 0.15) is 49.4 Å². The minimum Gasteiger partial charge on any atom is -0.383 e. The van der Waals surface area contributed by atoms with Crippen LogP contribution in [0.3, 0.4) is 0 Å². The van der Waals surface area contributed by atoms with Crippen LogP contribution in [-0.4, -0.2) is 21.9 Å². The molecule has 0 aliphatic heterocycles. The summed E-state index contributed by atoms with van der Waals surface area (Å²) in [5, 5.41) is 13.7. The Morgan fingerprint density at radius 1 is 1.57 bits per heavy atom. The molecule has 1 saturated carbocycles. The van der Waals surface area contributed by atoms with E-state index >= 15 is 0 Å². The maximum Gasteiger partial charge on any atom is 0.288 e. The van der Waals surface area contributed by atoms with E-state index in [2.05, 4.69) is 17.2 Å². The van der Waals surface area contributed by atoms with Gasteiger partial charge >= 0.3 is 0 Å². The van der Waals surface area contributed by atoms with Gasteiger partial charge in [0, 0.05) is 12.1 Å². The van der Waals surface area contributed by atoms with E-state index in [0.29, 0.717) is 5.92 Å². The molecule has 2 rings (SSSR count). The van der Waals surface area contributed by atoms with Crippen LogP contribution in [0.2, 0.25) is 0 Å². The zero-order valence-corrected chi connectivity index (χ0v) is 12.0. The second-order valence-corrected chi connectivity index (χ2v) is 5.49. The van der Waals surface area contributed by atoms with Crippen LogP contribution in [0.15, 0.2) is 12.3 Å². The molecule has 1 heterocycles. The molecule has 21 heavy (non-hydrogen) atoms. The first-order valence-corrected chi connectivity index (χ1v) is 7.22. The summed E-state index contributed by atoms with van der Waals surface area (Å²) in [5.74, 6) is 0.260. The fourth-order valence-corrected chi connectivity index (χ4v) is 2.80. The highest BCUT2D eigenvalue weighted by Crippen LogP contribution is 2.27. The monoisotopic (exact) mass is 292 g/mol. The van der Waals surface area contributed by atoms with Crippen molar-refractivity contribution in [3.05, 3.63) is 27.9 Å². The summed E-state index contributed by atoms with van der Waals surface area (Å²) in [6.07, 6.45) is 6.33. The van der Waals surface area contributed by atoms with Gasteiger partial charge in [-0.1, -0.05) is 26.2 Å². The molecule has 7 nitrogen and oxygen atoms in total. The molecule has 1 aromatic rings. The number of nitrogens with zero attached hydrogens (tertiary/aromatic N) is 2. The van der Waals surface area contributed by atoms with Crippen molar-refractivity contribution in [2.45, 2.75) is 45.1 Å². The molecular weight excluding hydrogens is 272 g/mol. The minimum atomic E-state index is -0.586. The molecule has 0 bridgehead atoms. The molecule has 0 saturated heterocycles. The van der Waals surface area contributed by atoms with E-state index in [0.717, 1.165) is 31.9 Å². The van der Waals surface area contributed by atoms with E-state index in [-0.39, 0.29) is 29.0 Å². The largest absolute Gasteiger partial charge is 0.383 e. The van der Waals surface area contributed by atoms with Gasteiger partial charge in [0.25, 0.3) is 11.6 Å². The lowest BCUT2D eigenvalue weighted by molar-refractivity contribution is -0.385. The predicted octanol–water partition coefficient (Wildman–Crippen LogP) is 2.27. The molecule has 1 aliphatic carbocycles. The van der Waals surface area contributed by atoms with Crippen molar-refractivity contribution in [3.8, 4) is 0 Å². The molecule has 114 valence electrons. The Balaban J connectivity index is 2.09. The lowest BCUT2D eigenvalue weighted by atomic mass is 9.84. The molecule has 1 aliphatic rings. The van der Waals surface area contributed by atoms with Crippen molar-refractivity contribution < 1.29 is 9.72 Å². The fourth-order valence-electron chi connectivity index (χ4n) is 2.80. The summed E-state index contributed by atoms with van der Waals surface area (Å²) < 4.78 is 0.